The molecule has 0 aromatic carbocycles. The summed E-state index contributed by atoms with van der Waals surface area (Å²) in [6.07, 6.45) is 12.4. The van der Waals surface area contributed by atoms with Crippen LogP contribution in [-0.2, 0) is 14.5 Å². The Morgan fingerprint density at radius 2 is 1.14 bits per heavy atom. The SMILES string of the molecule is CCCCCCCCCCCCOS(=O)(=O)N(CC)CC. The molecule has 0 saturated heterocycles. The van der Waals surface area contributed by atoms with Crippen molar-refractivity contribution in [1.29, 1.82) is 0 Å². The minimum absolute atomic E-state index is 0.315. The van der Waals surface area contributed by atoms with Gasteiger partial charge in [-0.15, -0.1) is 0 Å². The third-order valence-electron chi connectivity index (χ3n) is 3.75. The fraction of sp³-hybridized carbons (Fsp3) is 1.00. The molecule has 0 aliphatic heterocycles. The molecule has 0 unspecified atom stereocenters. The van der Waals surface area contributed by atoms with Crippen molar-refractivity contribution in [2.24, 2.45) is 0 Å². The monoisotopic (exact) mass is 321 g/mol. The quantitative estimate of drug-likeness (QED) is 0.417. The summed E-state index contributed by atoms with van der Waals surface area (Å²) >= 11 is 0. The highest BCUT2D eigenvalue weighted by atomic mass is 32.2. The average Bonchev–Trinajstić information content (AvgIpc) is 2.45. The van der Waals surface area contributed by atoms with Crippen LogP contribution in [0.3, 0.4) is 0 Å². The van der Waals surface area contributed by atoms with Crippen LogP contribution in [0.25, 0.3) is 0 Å². The van der Waals surface area contributed by atoms with Crippen LogP contribution in [0, 0.1) is 0 Å². The molecule has 5 heteroatoms. The van der Waals surface area contributed by atoms with E-state index in [1.165, 1.54) is 55.7 Å². The Balaban J connectivity index is 3.44. The zero-order valence-electron chi connectivity index (χ0n) is 14.3. The van der Waals surface area contributed by atoms with E-state index < -0.39 is 10.3 Å². The molecule has 0 bridgehead atoms. The van der Waals surface area contributed by atoms with Crippen LogP contribution in [0.5, 0.6) is 0 Å². The second-order valence-corrected chi connectivity index (χ2v) is 7.15. The van der Waals surface area contributed by atoms with Crippen LogP contribution in [0.15, 0.2) is 0 Å². The molecule has 0 aromatic heterocycles. The van der Waals surface area contributed by atoms with E-state index in [9.17, 15) is 8.42 Å². The van der Waals surface area contributed by atoms with Gasteiger partial charge < -0.3 is 0 Å². The summed E-state index contributed by atoms with van der Waals surface area (Å²) in [5, 5.41) is 0. The molecule has 0 fully saturated rings. The minimum atomic E-state index is -3.50. The van der Waals surface area contributed by atoms with E-state index in [1.807, 2.05) is 13.8 Å². The molecule has 0 spiro atoms. The van der Waals surface area contributed by atoms with Crippen LogP contribution < -0.4 is 0 Å². The second kappa shape index (κ2) is 13.5. The van der Waals surface area contributed by atoms with Crippen molar-refractivity contribution >= 4 is 10.3 Å². The zero-order valence-corrected chi connectivity index (χ0v) is 15.1. The summed E-state index contributed by atoms with van der Waals surface area (Å²) < 4.78 is 29.9. The van der Waals surface area contributed by atoms with Gasteiger partial charge in [-0.25, -0.2) is 0 Å². The topological polar surface area (TPSA) is 46.6 Å². The molecule has 0 aliphatic rings. The minimum Gasteiger partial charge on any atom is -0.258 e. The average molecular weight is 322 g/mol. The summed E-state index contributed by atoms with van der Waals surface area (Å²) in [4.78, 5) is 0. The summed E-state index contributed by atoms with van der Waals surface area (Å²) in [5.41, 5.74) is 0. The number of nitrogens with zero attached hydrogens (tertiary/aromatic N) is 1. The maximum Gasteiger partial charge on any atom is 0.338 e. The Bertz CT molecular complexity index is 313. The summed E-state index contributed by atoms with van der Waals surface area (Å²) in [7, 11) is -3.50. The van der Waals surface area contributed by atoms with Crippen molar-refractivity contribution in [1.82, 2.24) is 4.31 Å². The molecular formula is C16H35NO3S. The van der Waals surface area contributed by atoms with Gasteiger partial charge in [0.1, 0.15) is 0 Å². The van der Waals surface area contributed by atoms with Gasteiger partial charge in [0, 0.05) is 13.1 Å². The maximum absolute atomic E-state index is 11.8. The van der Waals surface area contributed by atoms with Crippen molar-refractivity contribution in [2.45, 2.75) is 85.0 Å². The first-order chi connectivity index (χ1) is 10.1. The first-order valence-corrected chi connectivity index (χ1v) is 10.1. The molecule has 0 saturated carbocycles. The highest BCUT2D eigenvalue weighted by Gasteiger charge is 2.18. The molecule has 21 heavy (non-hydrogen) atoms. The Hall–Kier alpha value is -0.130. The summed E-state index contributed by atoms with van der Waals surface area (Å²) in [6.45, 7) is 7.14. The molecule has 0 rings (SSSR count). The highest BCUT2D eigenvalue weighted by molar-refractivity contribution is 7.84. The van der Waals surface area contributed by atoms with Gasteiger partial charge in [-0.05, 0) is 6.42 Å². The summed E-state index contributed by atoms with van der Waals surface area (Å²) in [6, 6.07) is 0. The lowest BCUT2D eigenvalue weighted by atomic mass is 10.1. The first-order valence-electron chi connectivity index (χ1n) is 8.73. The van der Waals surface area contributed by atoms with Crippen LogP contribution in [0.1, 0.15) is 85.0 Å². The van der Waals surface area contributed by atoms with Crippen LogP contribution in [0.2, 0.25) is 0 Å². The van der Waals surface area contributed by atoms with Gasteiger partial charge in [-0.1, -0.05) is 78.6 Å². The molecule has 0 atom stereocenters. The maximum atomic E-state index is 11.8. The van der Waals surface area contributed by atoms with Gasteiger partial charge in [0.2, 0.25) is 0 Å². The van der Waals surface area contributed by atoms with Crippen LogP contribution in [-0.4, -0.2) is 32.4 Å². The highest BCUT2D eigenvalue weighted by Crippen LogP contribution is 2.11. The molecule has 0 amide bonds. The normalized spacial score (nSPS) is 12.2. The van der Waals surface area contributed by atoms with Gasteiger partial charge in [0.15, 0.2) is 0 Å². The number of rotatable bonds is 15. The number of hydrogen-bond acceptors (Lipinski definition) is 3. The lowest BCUT2D eigenvalue weighted by molar-refractivity contribution is 0.265. The molecule has 0 aliphatic carbocycles. The molecule has 0 N–H and O–H groups in total. The van der Waals surface area contributed by atoms with Gasteiger partial charge in [-0.2, -0.15) is 12.7 Å². The fourth-order valence-electron chi connectivity index (χ4n) is 2.37. The molecule has 0 heterocycles. The van der Waals surface area contributed by atoms with E-state index in [1.54, 1.807) is 0 Å². The molecular weight excluding hydrogens is 286 g/mol. The Kier molecular flexibility index (Phi) is 13.4. The van der Waals surface area contributed by atoms with Crippen molar-refractivity contribution in [2.75, 3.05) is 19.7 Å². The van der Waals surface area contributed by atoms with Gasteiger partial charge >= 0.3 is 10.3 Å². The van der Waals surface area contributed by atoms with E-state index in [-0.39, 0.29) is 0 Å². The van der Waals surface area contributed by atoms with Crippen molar-refractivity contribution in [3.63, 3.8) is 0 Å². The molecule has 0 radical (unpaired) electrons. The predicted molar refractivity (Wildman–Crippen MR) is 89.6 cm³/mol. The zero-order chi connectivity index (χ0) is 16.0. The van der Waals surface area contributed by atoms with Gasteiger partial charge in [0.05, 0.1) is 6.61 Å². The van der Waals surface area contributed by atoms with Crippen LogP contribution >= 0.6 is 0 Å². The molecule has 128 valence electrons. The fourth-order valence-corrected chi connectivity index (χ4v) is 3.48. The van der Waals surface area contributed by atoms with E-state index in [0.717, 1.165) is 12.8 Å². The van der Waals surface area contributed by atoms with E-state index in [0.29, 0.717) is 19.7 Å². The van der Waals surface area contributed by atoms with Crippen LogP contribution in [0.4, 0.5) is 0 Å². The number of unbranched alkanes of at least 4 members (excludes halogenated alkanes) is 9. The first kappa shape index (κ1) is 20.9. The lowest BCUT2D eigenvalue weighted by Gasteiger charge is -2.17. The Labute approximate surface area is 132 Å². The third-order valence-corrected chi connectivity index (χ3v) is 5.37. The van der Waals surface area contributed by atoms with Crippen molar-refractivity contribution in [3.05, 3.63) is 0 Å². The van der Waals surface area contributed by atoms with Crippen molar-refractivity contribution in [3.8, 4) is 0 Å². The third kappa shape index (κ3) is 11.1. The molecule has 0 aromatic rings. The second-order valence-electron chi connectivity index (χ2n) is 5.55. The molecule has 4 nitrogen and oxygen atoms in total. The lowest BCUT2D eigenvalue weighted by Crippen LogP contribution is -2.32. The summed E-state index contributed by atoms with van der Waals surface area (Å²) in [5.74, 6) is 0. The number of hydrogen-bond donors (Lipinski definition) is 0. The van der Waals surface area contributed by atoms with E-state index in [4.69, 9.17) is 4.18 Å². The van der Waals surface area contributed by atoms with Gasteiger partial charge in [-0.3, -0.25) is 4.18 Å². The van der Waals surface area contributed by atoms with Gasteiger partial charge in [0.25, 0.3) is 0 Å². The smallest absolute Gasteiger partial charge is 0.258 e. The van der Waals surface area contributed by atoms with E-state index >= 15 is 0 Å². The standard InChI is InChI=1S/C16H35NO3S/c1-4-7-8-9-10-11-12-13-14-15-16-20-21(18,19)17(5-2)6-3/h4-16H2,1-3H3. The predicted octanol–water partition coefficient (Wildman–Crippen LogP) is 4.51. The largest absolute Gasteiger partial charge is 0.338 e. The Morgan fingerprint density at radius 1 is 0.714 bits per heavy atom. The Morgan fingerprint density at radius 3 is 1.57 bits per heavy atom. The van der Waals surface area contributed by atoms with E-state index in [2.05, 4.69) is 6.92 Å². The van der Waals surface area contributed by atoms with Crippen molar-refractivity contribution < 1.29 is 12.6 Å².